The molecular weight excluding hydrogens is 1480 g/mol. The summed E-state index contributed by atoms with van der Waals surface area (Å²) in [6.07, 6.45) is 62.9. The number of aromatic amines is 4. The van der Waals surface area contributed by atoms with Crippen molar-refractivity contribution in [3.8, 4) is 91.2 Å². The summed E-state index contributed by atoms with van der Waals surface area (Å²) < 4.78 is 27.0. The lowest BCUT2D eigenvalue weighted by Gasteiger charge is -2.14. The molecule has 0 unspecified atom stereocenters. The minimum atomic E-state index is 0.613. The number of nitrogens with one attached hydrogen (secondary N) is 4. The predicted molar refractivity (Wildman–Crippen MR) is 501 cm³/mol. The molecule has 0 radical (unpaired) electrons. The zero-order valence-corrected chi connectivity index (χ0v) is 71.2. The van der Waals surface area contributed by atoms with Gasteiger partial charge in [-0.3, -0.25) is 9.97 Å². The molecule has 120 heavy (non-hydrogen) atoms. The molecule has 14 nitrogen and oxygen atoms in total. The van der Waals surface area contributed by atoms with Crippen LogP contribution in [-0.4, -0.2) is 76.3 Å². The van der Waals surface area contributed by atoms with Crippen molar-refractivity contribution in [2.24, 2.45) is 0 Å². The van der Waals surface area contributed by atoms with Crippen LogP contribution in [0.4, 0.5) is 0 Å². The third-order valence-electron chi connectivity index (χ3n) is 22.9. The van der Waals surface area contributed by atoms with Crippen molar-refractivity contribution in [1.82, 2.24) is 49.8 Å². The van der Waals surface area contributed by atoms with E-state index in [0.29, 0.717) is 48.9 Å². The number of rotatable bonds is 44. The Bertz CT molecular complexity index is 5470. The van der Waals surface area contributed by atoms with E-state index in [1.54, 1.807) is 0 Å². The average molecular weight is 1600 g/mol. The molecule has 4 aliphatic heterocycles. The van der Waals surface area contributed by atoms with E-state index in [9.17, 15) is 0 Å². The highest BCUT2D eigenvalue weighted by Crippen LogP contribution is 2.41. The lowest BCUT2D eigenvalue weighted by molar-refractivity contribution is 0.289. The lowest BCUT2D eigenvalue weighted by atomic mass is 10.0. The van der Waals surface area contributed by atoms with Crippen LogP contribution in [0.1, 0.15) is 290 Å². The van der Waals surface area contributed by atoms with Gasteiger partial charge in [-0.2, -0.15) is 0 Å². The summed E-state index contributed by atoms with van der Waals surface area (Å²) in [4.78, 5) is 46.0. The molecule has 0 saturated heterocycles. The molecule has 618 valence electrons. The summed E-state index contributed by atoms with van der Waals surface area (Å²) in [5.41, 5.74) is 21.5. The summed E-state index contributed by atoms with van der Waals surface area (Å²) >= 11 is 0. The Kier molecular flexibility index (Phi) is 31.7. The van der Waals surface area contributed by atoms with Crippen LogP contribution < -0.4 is 18.9 Å². The first-order valence-corrected chi connectivity index (χ1v) is 45.3. The molecule has 0 spiro atoms. The van der Waals surface area contributed by atoms with Gasteiger partial charge in [0, 0.05) is 92.3 Å². The molecule has 0 amide bonds. The molecule has 4 aliphatic rings. The van der Waals surface area contributed by atoms with E-state index in [1.165, 1.54) is 154 Å². The maximum absolute atomic E-state index is 6.75. The Morgan fingerprint density at radius 3 is 0.867 bits per heavy atom. The zero-order chi connectivity index (χ0) is 82.1. The van der Waals surface area contributed by atoms with E-state index in [0.717, 1.165) is 197 Å². The number of H-pyrrole nitrogens is 4. The van der Waals surface area contributed by atoms with Gasteiger partial charge in [0.2, 0.25) is 0 Å². The van der Waals surface area contributed by atoms with Crippen molar-refractivity contribution in [2.75, 3.05) is 26.4 Å². The summed E-state index contributed by atoms with van der Waals surface area (Å²) in [5.74, 6) is 17.1. The molecule has 0 fully saturated rings. The maximum Gasteiger partial charge on any atom is 0.123 e. The molecule has 10 aromatic rings. The largest absolute Gasteiger partial charge is 0.493 e. The smallest absolute Gasteiger partial charge is 0.123 e. The van der Waals surface area contributed by atoms with Crippen molar-refractivity contribution in [1.29, 1.82) is 0 Å². The molecule has 2 aromatic carbocycles. The number of hydrogen-bond donors (Lipinski definition) is 4. The van der Waals surface area contributed by atoms with Gasteiger partial charge >= 0.3 is 0 Å². The first-order chi connectivity index (χ1) is 59.3. The van der Waals surface area contributed by atoms with Gasteiger partial charge in [-0.15, -0.1) is 0 Å². The first kappa shape index (κ1) is 84.7. The highest BCUT2D eigenvalue weighted by atomic mass is 16.5. The number of pyridine rings is 2. The van der Waals surface area contributed by atoms with E-state index in [2.05, 4.69) is 227 Å². The van der Waals surface area contributed by atoms with E-state index in [-0.39, 0.29) is 0 Å². The number of unbranched alkanes of at least 4 members (excludes halogenated alkanes) is 28. The number of fused-ring (bicyclic) bond motifs is 16. The third-order valence-corrected chi connectivity index (χ3v) is 22.9. The van der Waals surface area contributed by atoms with E-state index < -0.39 is 0 Å². The Morgan fingerprint density at radius 1 is 0.250 bits per heavy atom. The first-order valence-electron chi connectivity index (χ1n) is 45.3. The zero-order valence-electron chi connectivity index (χ0n) is 71.2. The normalized spacial score (nSPS) is 11.9. The molecule has 14 rings (SSSR count). The summed E-state index contributed by atoms with van der Waals surface area (Å²) in [6.45, 7) is 11.6. The SMILES string of the molecule is CCCCCCCCCCOc1cc(OCCCCCCCCCC)cc(-c2c3nc(c(C#CC#Cc4c5nc(c(-c6ccncc6)c6ccc(cc7nc(c(-c8cc(OCCCCCCCCCC)cc(OCCCCCCCCCC)c8)c8ccc4[nH]8)C=C7)[nH]6)C=C5)c4ccc([nH]4)c(-c4ccncc4)c4nc(cc5ccc2[nH]5)C=C4)C=C3)c1. The van der Waals surface area contributed by atoms with Crippen LogP contribution >= 0.6 is 0 Å². The van der Waals surface area contributed by atoms with Crippen molar-refractivity contribution in [3.05, 3.63) is 203 Å². The number of benzene rings is 2. The summed E-state index contributed by atoms with van der Waals surface area (Å²) in [5, 5.41) is 0. The van der Waals surface area contributed by atoms with Crippen molar-refractivity contribution < 1.29 is 18.9 Å². The Labute approximate surface area is 710 Å². The van der Waals surface area contributed by atoms with Crippen LogP contribution in [0.15, 0.2) is 146 Å². The number of aromatic nitrogens is 10. The summed E-state index contributed by atoms with van der Waals surface area (Å²) in [7, 11) is 0. The third kappa shape index (κ3) is 23.6. The van der Waals surface area contributed by atoms with E-state index >= 15 is 0 Å². The standard InChI is InChI=1S/C106H120N10O4/c1-5-9-13-17-21-25-29-35-65-117-85-69-79(70-86(75-85)118-66-36-30-26-22-18-14-10-6-2)105-97-47-43-83(111-97)73-81-41-45-95(109-81)103(77-57-61-107-62-58-77)99-53-49-91(113-99)89(93-51-55-101(105)115-93)39-33-34-40-90-92-50-54-100(114-92)104(78-59-63-108-64-60-78)96-46-42-82(110-96)74-84-44-48-98(112-84)106(102-56-52-94(90)116-102)80-71-87(119-67-37-31-27-23-19-15-11-7-3)76-88(72-80)120-68-38-32-28-24-20-16-12-8-4/h41-64,69-76,109,112,114-115H,5-32,35-38,65-68H2,1-4H3. The molecule has 0 saturated carbocycles. The molecule has 12 heterocycles. The van der Waals surface area contributed by atoms with Crippen molar-refractivity contribution in [2.45, 2.75) is 233 Å². The quantitative estimate of drug-likeness (QED) is 0.0212. The van der Waals surface area contributed by atoms with E-state index in [4.69, 9.17) is 38.9 Å². The predicted octanol–water partition coefficient (Wildman–Crippen LogP) is 28.6. The number of ether oxygens (including phenoxy) is 4. The number of hydrogen-bond acceptors (Lipinski definition) is 10. The van der Waals surface area contributed by atoms with Crippen LogP contribution in [0.3, 0.4) is 0 Å². The highest BCUT2D eigenvalue weighted by Gasteiger charge is 2.21. The molecule has 0 aliphatic carbocycles. The van der Waals surface area contributed by atoms with Gasteiger partial charge in [-0.25, -0.2) is 19.9 Å². The fourth-order valence-electron chi connectivity index (χ4n) is 16.5. The minimum Gasteiger partial charge on any atom is -0.493 e. The Hall–Kier alpha value is -11.7. The lowest BCUT2D eigenvalue weighted by Crippen LogP contribution is -2.01. The average Bonchev–Trinajstić information content (AvgIpc) is 1.64. The molecular formula is C106H120N10O4. The molecule has 14 heteroatoms. The van der Waals surface area contributed by atoms with Gasteiger partial charge < -0.3 is 38.9 Å². The fourth-order valence-corrected chi connectivity index (χ4v) is 16.5. The van der Waals surface area contributed by atoms with Gasteiger partial charge in [0.15, 0.2) is 0 Å². The van der Waals surface area contributed by atoms with Gasteiger partial charge in [-0.05, 0) is 229 Å². The second-order valence-electron chi connectivity index (χ2n) is 32.4. The van der Waals surface area contributed by atoms with E-state index in [1.807, 2.05) is 49.1 Å². The molecule has 16 bridgehead atoms. The second-order valence-corrected chi connectivity index (χ2v) is 32.4. The minimum absolute atomic E-state index is 0.613. The maximum atomic E-state index is 6.75. The van der Waals surface area contributed by atoms with Crippen LogP contribution in [-0.2, 0) is 0 Å². The second kappa shape index (κ2) is 44.9. The Morgan fingerprint density at radius 2 is 0.525 bits per heavy atom. The van der Waals surface area contributed by atoms with Crippen LogP contribution in [0.5, 0.6) is 23.0 Å². The van der Waals surface area contributed by atoms with Gasteiger partial charge in [0.1, 0.15) is 23.0 Å². The molecule has 8 aromatic heterocycles. The van der Waals surface area contributed by atoms with Gasteiger partial charge in [0.05, 0.1) is 94.1 Å². The van der Waals surface area contributed by atoms with Crippen LogP contribution in [0.25, 0.3) is 137 Å². The van der Waals surface area contributed by atoms with Crippen molar-refractivity contribution >= 4 is 92.7 Å². The fraction of sp³-hybridized carbons (Fsp3) is 0.377. The van der Waals surface area contributed by atoms with Gasteiger partial charge in [-0.1, -0.05) is 207 Å². The monoisotopic (exact) mass is 1600 g/mol. The van der Waals surface area contributed by atoms with Gasteiger partial charge in [0.25, 0.3) is 0 Å². The molecule has 4 N–H and O–H groups in total. The number of nitrogens with zero attached hydrogens (tertiary/aromatic N) is 6. The molecule has 0 atom stereocenters. The summed E-state index contributed by atoms with van der Waals surface area (Å²) in [6, 6.07) is 41.9. The van der Waals surface area contributed by atoms with Crippen LogP contribution in [0, 0.1) is 23.7 Å². The Balaban J connectivity index is 0.909. The topological polar surface area (TPSA) is 177 Å². The highest BCUT2D eigenvalue weighted by molar-refractivity contribution is 5.97. The van der Waals surface area contributed by atoms with Crippen LogP contribution in [0.2, 0.25) is 0 Å². The van der Waals surface area contributed by atoms with Crippen molar-refractivity contribution in [3.63, 3.8) is 0 Å².